The molecule has 0 radical (unpaired) electrons. The number of piperidine rings is 2. The highest BCUT2D eigenvalue weighted by Gasteiger charge is 2.26. The molecule has 3 rings (SSSR count). The summed E-state index contributed by atoms with van der Waals surface area (Å²) >= 11 is 11.8. The van der Waals surface area contributed by atoms with Crippen LogP contribution in [0.5, 0.6) is 5.75 Å². The molecule has 2 heterocycles. The van der Waals surface area contributed by atoms with E-state index >= 15 is 0 Å². The Morgan fingerprint density at radius 2 is 1.74 bits per heavy atom. The van der Waals surface area contributed by atoms with E-state index in [1.54, 1.807) is 0 Å². The second-order valence-corrected chi connectivity index (χ2v) is 8.09. The molecule has 8 heteroatoms. The Morgan fingerprint density at radius 3 is 2.41 bits per heavy atom. The number of nitrogens with zero attached hydrogens (tertiary/aromatic N) is 2. The fourth-order valence-electron chi connectivity index (χ4n) is 3.68. The van der Waals surface area contributed by atoms with Gasteiger partial charge >= 0.3 is 0 Å². The average Bonchev–Trinajstić information content (AvgIpc) is 2.66. The first-order valence-corrected chi connectivity index (χ1v) is 10.2. The molecule has 1 aromatic rings. The number of phenolic OH excluding ortho intramolecular Hbond substituents is 1. The van der Waals surface area contributed by atoms with Gasteiger partial charge < -0.3 is 15.3 Å². The molecule has 0 atom stereocenters. The lowest BCUT2D eigenvalue weighted by molar-refractivity contribution is -0.133. The quantitative estimate of drug-likeness (QED) is 0.795. The third-order valence-corrected chi connectivity index (χ3v) is 5.77. The standard InChI is InChI=1S/C19H25Cl2N3O3/c20-13-10-15(18(26)16(21)11-13)19(27)22-14-4-8-24(9-5-14)17(25)12-23-6-2-1-3-7-23/h10-11,14,26H,1-9,12H2,(H,22,27). The van der Waals surface area contributed by atoms with Crippen LogP contribution in [0.3, 0.4) is 0 Å². The van der Waals surface area contributed by atoms with Crippen molar-refractivity contribution in [3.05, 3.63) is 27.7 Å². The van der Waals surface area contributed by atoms with Crippen LogP contribution in [0, 0.1) is 0 Å². The van der Waals surface area contributed by atoms with Crippen molar-refractivity contribution in [2.45, 2.75) is 38.1 Å². The minimum atomic E-state index is -0.407. The average molecular weight is 414 g/mol. The molecule has 6 nitrogen and oxygen atoms in total. The zero-order valence-electron chi connectivity index (χ0n) is 15.2. The lowest BCUT2D eigenvalue weighted by Gasteiger charge is -2.34. The summed E-state index contributed by atoms with van der Waals surface area (Å²) in [6, 6.07) is 2.74. The topological polar surface area (TPSA) is 72.9 Å². The summed E-state index contributed by atoms with van der Waals surface area (Å²) in [5.74, 6) is -0.511. The normalized spacial score (nSPS) is 19.1. The Bertz CT molecular complexity index is 700. The number of aromatic hydroxyl groups is 1. The molecule has 2 aliphatic heterocycles. The number of carbonyl (C=O) groups excluding carboxylic acids is 2. The fourth-order valence-corrected chi connectivity index (χ4v) is 4.18. The molecule has 0 saturated carbocycles. The number of hydrogen-bond donors (Lipinski definition) is 2. The van der Waals surface area contributed by atoms with Gasteiger partial charge in [-0.2, -0.15) is 0 Å². The van der Waals surface area contributed by atoms with Crippen LogP contribution in [-0.4, -0.2) is 65.5 Å². The van der Waals surface area contributed by atoms with Gasteiger partial charge in [-0.05, 0) is 50.9 Å². The van der Waals surface area contributed by atoms with Crippen molar-refractivity contribution < 1.29 is 14.7 Å². The Balaban J connectivity index is 1.49. The van der Waals surface area contributed by atoms with Crippen LogP contribution in [0.2, 0.25) is 10.0 Å². The van der Waals surface area contributed by atoms with E-state index < -0.39 is 5.91 Å². The maximum absolute atomic E-state index is 12.5. The molecule has 2 amide bonds. The van der Waals surface area contributed by atoms with Crippen LogP contribution in [0.25, 0.3) is 0 Å². The van der Waals surface area contributed by atoms with E-state index in [4.69, 9.17) is 23.2 Å². The number of amides is 2. The first-order chi connectivity index (χ1) is 12.9. The molecule has 27 heavy (non-hydrogen) atoms. The van der Waals surface area contributed by atoms with Crippen molar-refractivity contribution in [2.24, 2.45) is 0 Å². The molecule has 2 fully saturated rings. The van der Waals surface area contributed by atoms with Gasteiger partial charge in [0.25, 0.3) is 5.91 Å². The zero-order chi connectivity index (χ0) is 19.4. The number of hydrogen-bond acceptors (Lipinski definition) is 4. The smallest absolute Gasteiger partial charge is 0.255 e. The van der Waals surface area contributed by atoms with Crippen LogP contribution in [0.1, 0.15) is 42.5 Å². The highest BCUT2D eigenvalue weighted by atomic mass is 35.5. The van der Waals surface area contributed by atoms with Gasteiger partial charge in [-0.1, -0.05) is 29.6 Å². The van der Waals surface area contributed by atoms with Crippen LogP contribution in [-0.2, 0) is 4.79 Å². The van der Waals surface area contributed by atoms with E-state index in [1.165, 1.54) is 31.4 Å². The van der Waals surface area contributed by atoms with E-state index in [9.17, 15) is 14.7 Å². The summed E-state index contributed by atoms with van der Waals surface area (Å²) < 4.78 is 0. The highest BCUT2D eigenvalue weighted by molar-refractivity contribution is 6.36. The van der Waals surface area contributed by atoms with Crippen molar-refractivity contribution in [3.63, 3.8) is 0 Å². The SMILES string of the molecule is O=C(NC1CCN(C(=O)CN2CCCCC2)CC1)c1cc(Cl)cc(Cl)c1O. The Kier molecular flexibility index (Phi) is 6.84. The fraction of sp³-hybridized carbons (Fsp3) is 0.579. The van der Waals surface area contributed by atoms with Crippen LogP contribution in [0.15, 0.2) is 12.1 Å². The van der Waals surface area contributed by atoms with Crippen molar-refractivity contribution in [2.75, 3.05) is 32.7 Å². The third kappa shape index (κ3) is 5.27. The molecule has 2 N–H and O–H groups in total. The lowest BCUT2D eigenvalue weighted by Crippen LogP contribution is -2.49. The minimum absolute atomic E-state index is 0.0470. The van der Waals surface area contributed by atoms with Gasteiger partial charge in [-0.25, -0.2) is 0 Å². The number of rotatable bonds is 4. The van der Waals surface area contributed by atoms with Crippen molar-refractivity contribution in [3.8, 4) is 5.75 Å². The second kappa shape index (κ2) is 9.13. The molecule has 0 bridgehead atoms. The van der Waals surface area contributed by atoms with Crippen molar-refractivity contribution >= 4 is 35.0 Å². The first kappa shape index (κ1) is 20.2. The van der Waals surface area contributed by atoms with Crippen molar-refractivity contribution in [1.82, 2.24) is 15.1 Å². The van der Waals surface area contributed by atoms with Crippen molar-refractivity contribution in [1.29, 1.82) is 0 Å². The van der Waals surface area contributed by atoms with Gasteiger partial charge in [0.2, 0.25) is 5.91 Å². The number of benzene rings is 1. The van der Waals surface area contributed by atoms with Gasteiger partial charge in [-0.15, -0.1) is 0 Å². The molecule has 0 unspecified atom stereocenters. The lowest BCUT2D eigenvalue weighted by atomic mass is 10.0. The number of nitrogens with one attached hydrogen (secondary N) is 1. The van der Waals surface area contributed by atoms with E-state index in [1.807, 2.05) is 4.90 Å². The first-order valence-electron chi connectivity index (χ1n) is 9.43. The molecule has 0 aliphatic carbocycles. The van der Waals surface area contributed by atoms with Gasteiger partial charge in [0.05, 0.1) is 17.1 Å². The molecule has 0 aromatic heterocycles. The molecule has 1 aromatic carbocycles. The van der Waals surface area contributed by atoms with E-state index in [0.29, 0.717) is 37.5 Å². The third-order valence-electron chi connectivity index (χ3n) is 5.26. The molecular formula is C19H25Cl2N3O3. The summed E-state index contributed by atoms with van der Waals surface area (Å²) in [5, 5.41) is 13.2. The minimum Gasteiger partial charge on any atom is -0.506 e. The highest BCUT2D eigenvalue weighted by Crippen LogP contribution is 2.31. The molecule has 2 aliphatic rings. The maximum atomic E-state index is 12.5. The number of halogens is 2. The summed E-state index contributed by atoms with van der Waals surface area (Å²) in [6.45, 7) is 3.75. The molecular weight excluding hydrogens is 389 g/mol. The predicted octanol–water partition coefficient (Wildman–Crippen LogP) is 2.91. The Morgan fingerprint density at radius 1 is 1.07 bits per heavy atom. The molecule has 2 saturated heterocycles. The van der Waals surface area contributed by atoms with Gasteiger partial charge in [0.1, 0.15) is 5.75 Å². The number of phenols is 1. The zero-order valence-corrected chi connectivity index (χ0v) is 16.7. The van der Waals surface area contributed by atoms with Gasteiger partial charge in [-0.3, -0.25) is 14.5 Å². The second-order valence-electron chi connectivity index (χ2n) is 7.25. The number of likely N-dealkylation sites (tertiary alicyclic amines) is 2. The number of carbonyl (C=O) groups is 2. The van der Waals surface area contributed by atoms with Gasteiger partial charge in [0, 0.05) is 24.2 Å². The summed E-state index contributed by atoms with van der Waals surface area (Å²) in [7, 11) is 0. The largest absolute Gasteiger partial charge is 0.506 e. The maximum Gasteiger partial charge on any atom is 0.255 e. The monoisotopic (exact) mass is 413 g/mol. The van der Waals surface area contributed by atoms with Crippen LogP contribution >= 0.6 is 23.2 Å². The van der Waals surface area contributed by atoms with E-state index in [-0.39, 0.29) is 28.3 Å². The molecule has 0 spiro atoms. The van der Waals surface area contributed by atoms with Crippen LogP contribution in [0.4, 0.5) is 0 Å². The Hall–Kier alpha value is -1.50. The Labute approximate surface area is 169 Å². The van der Waals surface area contributed by atoms with Crippen LogP contribution < -0.4 is 5.32 Å². The summed E-state index contributed by atoms with van der Waals surface area (Å²) in [5.41, 5.74) is 0.0658. The van der Waals surface area contributed by atoms with Gasteiger partial charge in [0.15, 0.2) is 0 Å². The predicted molar refractivity (Wildman–Crippen MR) is 105 cm³/mol. The summed E-state index contributed by atoms with van der Waals surface area (Å²) in [6.07, 6.45) is 4.96. The van der Waals surface area contributed by atoms with E-state index in [0.717, 1.165) is 13.1 Å². The van der Waals surface area contributed by atoms with E-state index in [2.05, 4.69) is 10.2 Å². The molecule has 148 valence electrons. The summed E-state index contributed by atoms with van der Waals surface area (Å²) in [4.78, 5) is 29.0.